The van der Waals surface area contributed by atoms with Gasteiger partial charge in [-0.2, -0.15) is 0 Å². The first-order chi connectivity index (χ1) is 15.2. The fraction of sp³-hybridized carbons (Fsp3) is 0.821. The summed E-state index contributed by atoms with van der Waals surface area (Å²) in [4.78, 5) is 12.0. The van der Waals surface area contributed by atoms with Gasteiger partial charge in [0, 0.05) is 5.56 Å². The van der Waals surface area contributed by atoms with Gasteiger partial charge in [0.2, 0.25) is 0 Å². The fourth-order valence-corrected chi connectivity index (χ4v) is 9.60. The molecule has 8 unspecified atom stereocenters. The van der Waals surface area contributed by atoms with Crippen molar-refractivity contribution in [3.05, 3.63) is 28.1 Å². The molecule has 4 aliphatic rings. The smallest absolute Gasteiger partial charge is 0.268 e. The van der Waals surface area contributed by atoms with Crippen molar-refractivity contribution < 1.29 is 0 Å². The van der Waals surface area contributed by atoms with E-state index >= 15 is 0 Å². The van der Waals surface area contributed by atoms with Crippen molar-refractivity contribution in [2.45, 2.75) is 103 Å². The molecule has 5 rings (SSSR count). The van der Waals surface area contributed by atoms with Crippen LogP contribution < -0.4 is 5.56 Å². The number of rotatable bonds is 4. The highest BCUT2D eigenvalue weighted by molar-refractivity contribution is 7.80. The van der Waals surface area contributed by atoms with Gasteiger partial charge in [-0.3, -0.25) is 14.6 Å². The van der Waals surface area contributed by atoms with E-state index in [2.05, 4.69) is 45.1 Å². The molecule has 0 radical (unpaired) electrons. The predicted octanol–water partition coefficient (Wildman–Crippen LogP) is 7.01. The third kappa shape index (κ3) is 3.33. The van der Waals surface area contributed by atoms with Gasteiger partial charge in [0.05, 0.1) is 11.6 Å². The van der Waals surface area contributed by atoms with Crippen LogP contribution in [0.3, 0.4) is 0 Å². The summed E-state index contributed by atoms with van der Waals surface area (Å²) in [6.45, 7) is 14.8. The molecule has 0 spiro atoms. The molecule has 0 aliphatic heterocycles. The lowest BCUT2D eigenvalue weighted by atomic mass is 9.44. The summed E-state index contributed by atoms with van der Waals surface area (Å²) in [7, 11) is 0. The van der Waals surface area contributed by atoms with E-state index in [-0.39, 0.29) is 5.56 Å². The molecule has 0 aromatic carbocycles. The molecule has 3 nitrogen and oxygen atoms in total. The highest BCUT2D eigenvalue weighted by atomic mass is 32.1. The Morgan fingerprint density at radius 1 is 1.09 bits per heavy atom. The molecular weight excluding hydrogens is 412 g/mol. The van der Waals surface area contributed by atoms with E-state index in [0.717, 1.165) is 34.6 Å². The zero-order chi connectivity index (χ0) is 22.8. The number of aromatic nitrogens is 2. The Bertz CT molecular complexity index is 946. The van der Waals surface area contributed by atoms with Crippen LogP contribution in [0.1, 0.15) is 90.5 Å². The van der Waals surface area contributed by atoms with E-state index in [4.69, 9.17) is 0 Å². The van der Waals surface area contributed by atoms with Gasteiger partial charge in [-0.1, -0.05) is 39.3 Å². The minimum absolute atomic E-state index is 0.0263. The Balaban J connectivity index is 1.34. The van der Waals surface area contributed by atoms with Gasteiger partial charge in [-0.15, -0.1) is 12.6 Å². The number of H-pyrrole nitrogens is 1. The lowest BCUT2D eigenvalue weighted by Gasteiger charge is -2.61. The topological polar surface area (TPSA) is 37.8 Å². The first-order valence-corrected chi connectivity index (χ1v) is 13.8. The van der Waals surface area contributed by atoms with Crippen molar-refractivity contribution >= 4 is 12.6 Å². The molecule has 4 saturated carbocycles. The number of fused-ring (bicyclic) bond motifs is 5. The number of aromatic amines is 1. The van der Waals surface area contributed by atoms with Crippen LogP contribution >= 0.6 is 12.6 Å². The number of nitrogens with zero attached hydrogens (tertiary/aromatic N) is 1. The molecule has 1 N–H and O–H groups in total. The van der Waals surface area contributed by atoms with E-state index in [1.165, 1.54) is 69.8 Å². The molecule has 8 atom stereocenters. The Morgan fingerprint density at radius 3 is 2.50 bits per heavy atom. The van der Waals surface area contributed by atoms with Gasteiger partial charge in [0.25, 0.3) is 5.56 Å². The molecule has 32 heavy (non-hydrogen) atoms. The minimum atomic E-state index is -0.0263. The monoisotopic (exact) mass is 456 g/mol. The summed E-state index contributed by atoms with van der Waals surface area (Å²) < 4.78 is 1.91. The van der Waals surface area contributed by atoms with Crippen LogP contribution in [-0.2, 0) is 6.54 Å². The normalized spacial score (nSPS) is 43.4. The van der Waals surface area contributed by atoms with Crippen LogP contribution in [0.4, 0.5) is 0 Å². The summed E-state index contributed by atoms with van der Waals surface area (Å²) in [5.41, 5.74) is 2.94. The van der Waals surface area contributed by atoms with Crippen molar-refractivity contribution in [2.24, 2.45) is 46.3 Å². The molecule has 4 aliphatic carbocycles. The number of allylic oxidation sites excluding steroid dienone is 1. The van der Waals surface area contributed by atoms with Crippen molar-refractivity contribution in [1.82, 2.24) is 9.78 Å². The maximum atomic E-state index is 12.0. The van der Waals surface area contributed by atoms with Crippen molar-refractivity contribution in [3.8, 4) is 0 Å². The van der Waals surface area contributed by atoms with E-state index in [1.54, 1.807) is 0 Å². The molecule has 1 aromatic heterocycles. The van der Waals surface area contributed by atoms with Gasteiger partial charge >= 0.3 is 0 Å². The fourth-order valence-electron chi connectivity index (χ4n) is 9.38. The molecule has 4 heteroatoms. The highest BCUT2D eigenvalue weighted by Gasteiger charge is 2.60. The summed E-state index contributed by atoms with van der Waals surface area (Å²) in [5, 5.41) is 3.72. The van der Waals surface area contributed by atoms with Crippen molar-refractivity contribution in [3.63, 3.8) is 0 Å². The molecule has 178 valence electrons. The van der Waals surface area contributed by atoms with Crippen LogP contribution in [0, 0.1) is 53.3 Å². The molecular formula is C28H44N2OS. The Kier molecular flexibility index (Phi) is 5.79. The Morgan fingerprint density at radius 2 is 1.81 bits per heavy atom. The average Bonchev–Trinajstić information content (AvgIpc) is 3.24. The van der Waals surface area contributed by atoms with E-state index in [9.17, 15) is 4.79 Å². The summed E-state index contributed by atoms with van der Waals surface area (Å²) in [6, 6.07) is 0. The summed E-state index contributed by atoms with van der Waals surface area (Å²) in [6.07, 6.45) is 14.2. The quantitative estimate of drug-likeness (QED) is 0.371. The van der Waals surface area contributed by atoms with Gasteiger partial charge in [0.1, 0.15) is 0 Å². The van der Waals surface area contributed by atoms with E-state index < -0.39 is 0 Å². The Labute approximate surface area is 200 Å². The second-order valence-electron chi connectivity index (χ2n) is 12.5. The lowest BCUT2D eigenvalue weighted by molar-refractivity contribution is -0.116. The molecule has 1 aromatic rings. The van der Waals surface area contributed by atoms with E-state index in [0.29, 0.717) is 28.9 Å². The minimum Gasteiger partial charge on any atom is -0.275 e. The Hall–Kier alpha value is -0.900. The first-order valence-electron chi connectivity index (χ1n) is 13.3. The van der Waals surface area contributed by atoms with Gasteiger partial charge < -0.3 is 0 Å². The first kappa shape index (κ1) is 22.9. The molecule has 0 bridgehead atoms. The van der Waals surface area contributed by atoms with Gasteiger partial charge in [-0.05, 0) is 111 Å². The third-order valence-corrected chi connectivity index (χ3v) is 12.0. The second-order valence-corrected chi connectivity index (χ2v) is 12.9. The highest BCUT2D eigenvalue weighted by Crippen LogP contribution is 2.68. The number of hydrogen-bond donors (Lipinski definition) is 2. The van der Waals surface area contributed by atoms with Crippen LogP contribution in [0.15, 0.2) is 22.0 Å². The van der Waals surface area contributed by atoms with Crippen LogP contribution in [0.25, 0.3) is 0 Å². The van der Waals surface area contributed by atoms with Gasteiger partial charge in [0.15, 0.2) is 0 Å². The van der Waals surface area contributed by atoms with Crippen LogP contribution in [0.2, 0.25) is 0 Å². The largest absolute Gasteiger partial charge is 0.275 e. The maximum Gasteiger partial charge on any atom is 0.268 e. The maximum absolute atomic E-state index is 12.0. The molecule has 4 fully saturated rings. The lowest BCUT2D eigenvalue weighted by Crippen LogP contribution is -2.53. The molecule has 0 saturated heterocycles. The van der Waals surface area contributed by atoms with Crippen molar-refractivity contribution in [1.29, 1.82) is 0 Å². The number of thiol groups is 1. The zero-order valence-electron chi connectivity index (χ0n) is 20.8. The summed E-state index contributed by atoms with van der Waals surface area (Å²) >= 11 is 4.58. The van der Waals surface area contributed by atoms with Crippen molar-refractivity contribution in [2.75, 3.05) is 0 Å². The average molecular weight is 457 g/mol. The number of hydrogen-bond acceptors (Lipinski definition) is 2. The predicted molar refractivity (Wildman–Crippen MR) is 135 cm³/mol. The van der Waals surface area contributed by atoms with Gasteiger partial charge in [-0.25, -0.2) is 0 Å². The third-order valence-electron chi connectivity index (χ3n) is 11.4. The SMILES string of the molecule is C=C(Cn1[nH]c(=O)c(C)c1S)C1CCC2C3CCC4CC(CC)CCC4(C)C3CCC12C. The second kappa shape index (κ2) is 8.10. The number of nitrogens with one attached hydrogen (secondary N) is 1. The molecule has 1 heterocycles. The molecule has 0 amide bonds. The van der Waals surface area contributed by atoms with Crippen LogP contribution in [0.5, 0.6) is 0 Å². The van der Waals surface area contributed by atoms with Crippen LogP contribution in [-0.4, -0.2) is 9.78 Å². The zero-order valence-corrected chi connectivity index (χ0v) is 21.6. The summed E-state index contributed by atoms with van der Waals surface area (Å²) in [5.74, 6) is 5.23. The standard InChI is InChI=1S/C28H44N2OS/c1-6-19-11-13-27(4)20(15-19)7-8-21-23-10-9-22(28(23,5)14-12-24(21)27)17(2)16-30-26(32)18(3)25(31)29-30/h19-24,32H,2,6-16H2,1,3-5H3,(H,29,31). The van der Waals surface area contributed by atoms with E-state index in [1.807, 2.05) is 11.6 Å².